The largest absolute Gasteiger partial charge is 0.480 e. The maximum absolute atomic E-state index is 10.2. The van der Waals surface area contributed by atoms with Crippen LogP contribution in [-0.2, 0) is 9.53 Å². The van der Waals surface area contributed by atoms with E-state index in [1.807, 2.05) is 0 Å². The molecule has 1 aliphatic rings. The second kappa shape index (κ2) is 2.66. The molecule has 0 aromatic carbocycles. The number of aliphatic carboxylic acids is 1. The molecule has 0 bridgehead atoms. The lowest BCUT2D eigenvalue weighted by Gasteiger charge is -1.94. The van der Waals surface area contributed by atoms with Gasteiger partial charge >= 0.3 is 5.97 Å². The molecule has 5 nitrogen and oxygen atoms in total. The number of carbonyl (C=O) groups is 1. The molecular formula is C5H8N2O3. The maximum Gasteiger partial charge on any atom is 0.332 e. The summed E-state index contributed by atoms with van der Waals surface area (Å²) in [6, 6.07) is -0.751. The number of hydrogen-bond donors (Lipinski definition) is 2. The molecule has 1 unspecified atom stereocenters. The fourth-order valence-corrected chi connectivity index (χ4v) is 0.662. The lowest BCUT2D eigenvalue weighted by Crippen LogP contribution is -2.18. The first-order valence-electron chi connectivity index (χ1n) is 2.86. The van der Waals surface area contributed by atoms with Crippen molar-refractivity contribution < 1.29 is 14.6 Å². The van der Waals surface area contributed by atoms with E-state index in [4.69, 9.17) is 15.6 Å². The van der Waals surface area contributed by atoms with Gasteiger partial charge in [-0.2, -0.15) is 0 Å². The number of nitrogens with two attached hydrogens (primary N) is 1. The van der Waals surface area contributed by atoms with Crippen LogP contribution in [0.1, 0.15) is 0 Å². The maximum atomic E-state index is 10.2. The SMILES string of the molecule is NCC1=NC(C(=O)O)CO1. The Hall–Kier alpha value is -1.10. The Labute approximate surface area is 57.5 Å². The summed E-state index contributed by atoms with van der Waals surface area (Å²) in [5.41, 5.74) is 5.15. The van der Waals surface area contributed by atoms with Crippen LogP contribution in [0.25, 0.3) is 0 Å². The summed E-state index contributed by atoms with van der Waals surface area (Å²) >= 11 is 0. The predicted octanol–water partition coefficient (Wildman–Crippen LogP) is -1.17. The Morgan fingerprint density at radius 3 is 3.00 bits per heavy atom. The van der Waals surface area contributed by atoms with E-state index in [9.17, 15) is 4.79 Å². The third-order valence-electron chi connectivity index (χ3n) is 1.17. The number of ether oxygens (including phenoxy) is 1. The van der Waals surface area contributed by atoms with Crippen LogP contribution in [0.5, 0.6) is 0 Å². The zero-order valence-electron chi connectivity index (χ0n) is 5.28. The van der Waals surface area contributed by atoms with E-state index in [2.05, 4.69) is 4.99 Å². The fourth-order valence-electron chi connectivity index (χ4n) is 0.662. The third-order valence-corrected chi connectivity index (χ3v) is 1.17. The van der Waals surface area contributed by atoms with E-state index in [0.717, 1.165) is 0 Å². The molecule has 10 heavy (non-hydrogen) atoms. The fraction of sp³-hybridized carbons (Fsp3) is 0.600. The quantitative estimate of drug-likeness (QED) is 0.511. The number of aliphatic imine (C=N–C) groups is 1. The first-order chi connectivity index (χ1) is 4.74. The molecule has 0 aliphatic carbocycles. The van der Waals surface area contributed by atoms with Crippen molar-refractivity contribution >= 4 is 11.9 Å². The van der Waals surface area contributed by atoms with Crippen LogP contribution in [0, 0.1) is 0 Å². The number of hydrogen-bond acceptors (Lipinski definition) is 4. The van der Waals surface area contributed by atoms with Crippen LogP contribution < -0.4 is 5.73 Å². The minimum absolute atomic E-state index is 0.113. The first-order valence-corrected chi connectivity index (χ1v) is 2.86. The van der Waals surface area contributed by atoms with E-state index in [-0.39, 0.29) is 13.2 Å². The smallest absolute Gasteiger partial charge is 0.332 e. The summed E-state index contributed by atoms with van der Waals surface area (Å²) in [6.45, 7) is 0.283. The van der Waals surface area contributed by atoms with Gasteiger partial charge in [-0.25, -0.2) is 9.79 Å². The molecule has 0 spiro atoms. The highest BCUT2D eigenvalue weighted by Crippen LogP contribution is 2.02. The molecule has 0 aromatic heterocycles. The van der Waals surface area contributed by atoms with E-state index < -0.39 is 12.0 Å². The van der Waals surface area contributed by atoms with Gasteiger partial charge < -0.3 is 15.6 Å². The van der Waals surface area contributed by atoms with Crippen LogP contribution in [-0.4, -0.2) is 36.2 Å². The molecule has 0 radical (unpaired) electrons. The van der Waals surface area contributed by atoms with Crippen molar-refractivity contribution in [3.63, 3.8) is 0 Å². The van der Waals surface area contributed by atoms with Gasteiger partial charge in [0, 0.05) is 0 Å². The van der Waals surface area contributed by atoms with Gasteiger partial charge in [0.25, 0.3) is 0 Å². The van der Waals surface area contributed by atoms with Crippen molar-refractivity contribution in [2.75, 3.05) is 13.2 Å². The number of rotatable bonds is 2. The number of nitrogens with zero attached hydrogens (tertiary/aromatic N) is 1. The van der Waals surface area contributed by atoms with Gasteiger partial charge in [0.05, 0.1) is 6.54 Å². The molecule has 56 valence electrons. The Morgan fingerprint density at radius 2 is 2.70 bits per heavy atom. The van der Waals surface area contributed by atoms with E-state index in [1.165, 1.54) is 0 Å². The summed E-state index contributed by atoms with van der Waals surface area (Å²) in [6.07, 6.45) is 0. The monoisotopic (exact) mass is 144 g/mol. The van der Waals surface area contributed by atoms with Crippen molar-refractivity contribution in [1.29, 1.82) is 0 Å². The minimum atomic E-state index is -0.969. The molecule has 0 fully saturated rings. The molecule has 1 heterocycles. The second-order valence-corrected chi connectivity index (χ2v) is 1.89. The first kappa shape index (κ1) is 7.01. The molecule has 3 N–H and O–H groups in total. The molecule has 5 heteroatoms. The minimum Gasteiger partial charge on any atom is -0.480 e. The topological polar surface area (TPSA) is 84.9 Å². The van der Waals surface area contributed by atoms with Crippen molar-refractivity contribution in [2.45, 2.75) is 6.04 Å². The van der Waals surface area contributed by atoms with E-state index in [1.54, 1.807) is 0 Å². The Kier molecular flexibility index (Phi) is 1.86. The van der Waals surface area contributed by atoms with Gasteiger partial charge in [-0.15, -0.1) is 0 Å². The van der Waals surface area contributed by atoms with Gasteiger partial charge in [-0.1, -0.05) is 0 Å². The highest BCUT2D eigenvalue weighted by molar-refractivity contribution is 5.85. The average molecular weight is 144 g/mol. The molecule has 0 saturated heterocycles. The summed E-state index contributed by atoms with van der Waals surface area (Å²) in [5, 5.41) is 8.40. The molecule has 1 rings (SSSR count). The van der Waals surface area contributed by atoms with Crippen LogP contribution in [0.15, 0.2) is 4.99 Å². The third kappa shape index (κ3) is 1.24. The lowest BCUT2D eigenvalue weighted by molar-refractivity contribution is -0.138. The number of carboxylic acids is 1. The zero-order chi connectivity index (χ0) is 7.56. The highest BCUT2D eigenvalue weighted by atomic mass is 16.5. The van der Waals surface area contributed by atoms with E-state index >= 15 is 0 Å². The molecular weight excluding hydrogens is 136 g/mol. The molecule has 1 atom stereocenters. The van der Waals surface area contributed by atoms with Crippen LogP contribution in [0.3, 0.4) is 0 Å². The van der Waals surface area contributed by atoms with Crippen LogP contribution >= 0.6 is 0 Å². The van der Waals surface area contributed by atoms with Gasteiger partial charge in [0.1, 0.15) is 6.61 Å². The van der Waals surface area contributed by atoms with Gasteiger partial charge in [-0.3, -0.25) is 0 Å². The van der Waals surface area contributed by atoms with Gasteiger partial charge in [0.15, 0.2) is 11.9 Å². The Balaban J connectivity index is 2.55. The zero-order valence-corrected chi connectivity index (χ0v) is 5.28. The molecule has 0 amide bonds. The molecule has 1 aliphatic heterocycles. The average Bonchev–Trinajstić information content (AvgIpc) is 2.34. The second-order valence-electron chi connectivity index (χ2n) is 1.89. The van der Waals surface area contributed by atoms with Crippen LogP contribution in [0.2, 0.25) is 0 Å². The van der Waals surface area contributed by atoms with Gasteiger partial charge in [0.2, 0.25) is 0 Å². The number of carboxylic acid groups (broad SMARTS) is 1. The van der Waals surface area contributed by atoms with Crippen molar-refractivity contribution in [3.8, 4) is 0 Å². The standard InChI is InChI=1S/C5H8N2O3/c6-1-4-7-3(2-10-4)5(8)9/h3H,1-2,6H2,(H,8,9). The summed E-state index contributed by atoms with van der Waals surface area (Å²) in [7, 11) is 0. The Morgan fingerprint density at radius 1 is 2.00 bits per heavy atom. The van der Waals surface area contributed by atoms with Crippen LogP contribution in [0.4, 0.5) is 0 Å². The van der Waals surface area contributed by atoms with Crippen molar-refractivity contribution in [3.05, 3.63) is 0 Å². The van der Waals surface area contributed by atoms with Crippen molar-refractivity contribution in [1.82, 2.24) is 0 Å². The van der Waals surface area contributed by atoms with Gasteiger partial charge in [-0.05, 0) is 0 Å². The highest BCUT2D eigenvalue weighted by Gasteiger charge is 2.23. The van der Waals surface area contributed by atoms with Crippen molar-refractivity contribution in [2.24, 2.45) is 10.7 Å². The Bertz CT molecular complexity index is 178. The normalized spacial score (nSPS) is 23.7. The van der Waals surface area contributed by atoms with E-state index in [0.29, 0.717) is 5.90 Å². The lowest BCUT2D eigenvalue weighted by atomic mass is 10.3. The molecule has 0 aromatic rings. The predicted molar refractivity (Wildman–Crippen MR) is 33.9 cm³/mol. The molecule has 0 saturated carbocycles. The summed E-state index contributed by atoms with van der Waals surface area (Å²) in [4.78, 5) is 13.9. The summed E-state index contributed by atoms with van der Waals surface area (Å²) in [5.74, 6) is -0.643. The summed E-state index contributed by atoms with van der Waals surface area (Å²) < 4.78 is 4.82.